The zero-order chi connectivity index (χ0) is 35.4. The van der Waals surface area contributed by atoms with Crippen LogP contribution in [-0.2, 0) is 0 Å². The lowest BCUT2D eigenvalue weighted by atomic mass is 9.95. The zero-order valence-corrected chi connectivity index (χ0v) is 29.3. The summed E-state index contributed by atoms with van der Waals surface area (Å²) in [5.41, 5.74) is 15.4. The molecule has 9 aromatic rings. The summed E-state index contributed by atoms with van der Waals surface area (Å²) in [4.78, 5) is 2.38. The maximum absolute atomic E-state index is 2.38. The first-order valence-corrected chi connectivity index (χ1v) is 18.2. The average molecular weight is 676 g/mol. The number of rotatable bonds is 8. The second-order valence-corrected chi connectivity index (χ2v) is 13.4. The molecule has 0 amide bonds. The summed E-state index contributed by atoms with van der Waals surface area (Å²) < 4.78 is 0. The normalized spacial score (nSPS) is 11.0. The van der Waals surface area contributed by atoms with Crippen molar-refractivity contribution in [1.82, 2.24) is 0 Å². The molecule has 0 atom stereocenters. The van der Waals surface area contributed by atoms with Crippen molar-refractivity contribution < 1.29 is 0 Å². The van der Waals surface area contributed by atoms with Gasteiger partial charge in [0.1, 0.15) is 0 Å². The summed E-state index contributed by atoms with van der Waals surface area (Å²) in [5.74, 6) is 0. The highest BCUT2D eigenvalue weighted by Crippen LogP contribution is 2.42. The first-order valence-electron chi connectivity index (χ1n) is 18.2. The van der Waals surface area contributed by atoms with Crippen molar-refractivity contribution in [2.45, 2.75) is 0 Å². The van der Waals surface area contributed by atoms with E-state index in [1.54, 1.807) is 0 Å². The molecule has 1 nitrogen and oxygen atoms in total. The van der Waals surface area contributed by atoms with E-state index >= 15 is 0 Å². The Morgan fingerprint density at radius 3 is 1.30 bits per heavy atom. The molecule has 0 fully saturated rings. The van der Waals surface area contributed by atoms with Crippen LogP contribution in [0.1, 0.15) is 0 Å². The number of para-hydroxylation sites is 1. The SMILES string of the molecule is c1ccc(-c2cccc(-c3ccc(N(c4ccc(-c5cccc(-c6cccc7ccccc67)c5)cc4)c4ccccc4-c4ccccc4)cc3)c2)cc1. The molecule has 0 aliphatic carbocycles. The highest BCUT2D eigenvalue weighted by atomic mass is 15.1. The van der Waals surface area contributed by atoms with Crippen LogP contribution in [-0.4, -0.2) is 0 Å². The summed E-state index contributed by atoms with van der Waals surface area (Å²) in [5, 5.41) is 2.52. The van der Waals surface area contributed by atoms with Gasteiger partial charge in [-0.15, -0.1) is 0 Å². The quantitative estimate of drug-likeness (QED) is 0.155. The Morgan fingerprint density at radius 1 is 0.245 bits per heavy atom. The van der Waals surface area contributed by atoms with Gasteiger partial charge in [0.15, 0.2) is 0 Å². The molecule has 9 aromatic carbocycles. The van der Waals surface area contributed by atoms with Crippen molar-refractivity contribution in [2.75, 3.05) is 4.90 Å². The predicted octanol–water partition coefficient (Wildman–Crippen LogP) is 14.6. The van der Waals surface area contributed by atoms with Crippen molar-refractivity contribution in [3.63, 3.8) is 0 Å². The van der Waals surface area contributed by atoms with Gasteiger partial charge in [0, 0.05) is 16.9 Å². The standard InChI is InChI=1S/C52H37N/c1-3-14-38(15-4-1)43-20-11-21-44(36-43)39-28-32-47(33-29-39)53(52-27-10-9-25-51(52)42-16-5-2-6-17-42)48-34-30-40(31-35-48)45-22-12-23-46(37-45)50-26-13-19-41-18-7-8-24-49(41)50/h1-37H. The molecule has 0 aliphatic heterocycles. The zero-order valence-electron chi connectivity index (χ0n) is 29.3. The van der Waals surface area contributed by atoms with Gasteiger partial charge in [0.2, 0.25) is 0 Å². The molecular weight excluding hydrogens is 639 g/mol. The van der Waals surface area contributed by atoms with Gasteiger partial charge in [-0.05, 0) is 103 Å². The summed E-state index contributed by atoms with van der Waals surface area (Å²) in [6.45, 7) is 0. The fourth-order valence-electron chi connectivity index (χ4n) is 7.42. The van der Waals surface area contributed by atoms with Gasteiger partial charge in [-0.25, -0.2) is 0 Å². The molecule has 1 heteroatoms. The van der Waals surface area contributed by atoms with E-state index in [1.807, 2.05) is 0 Å². The highest BCUT2D eigenvalue weighted by Gasteiger charge is 2.18. The predicted molar refractivity (Wildman–Crippen MR) is 226 cm³/mol. The molecule has 0 radical (unpaired) electrons. The third-order valence-electron chi connectivity index (χ3n) is 10.1. The van der Waals surface area contributed by atoms with Gasteiger partial charge in [0.05, 0.1) is 5.69 Å². The van der Waals surface area contributed by atoms with E-state index in [4.69, 9.17) is 0 Å². The van der Waals surface area contributed by atoms with Crippen LogP contribution in [0.25, 0.3) is 66.4 Å². The molecule has 0 spiro atoms. The van der Waals surface area contributed by atoms with Gasteiger partial charge < -0.3 is 4.90 Å². The van der Waals surface area contributed by atoms with E-state index in [-0.39, 0.29) is 0 Å². The molecule has 0 bridgehead atoms. The van der Waals surface area contributed by atoms with Crippen LogP contribution in [0.15, 0.2) is 224 Å². The number of hydrogen-bond acceptors (Lipinski definition) is 1. The number of hydrogen-bond donors (Lipinski definition) is 0. The van der Waals surface area contributed by atoms with Crippen LogP contribution < -0.4 is 4.90 Å². The fraction of sp³-hybridized carbons (Fsp3) is 0. The Morgan fingerprint density at radius 2 is 0.660 bits per heavy atom. The van der Waals surface area contributed by atoms with E-state index in [0.717, 1.165) is 17.1 Å². The Balaban J connectivity index is 1.10. The maximum Gasteiger partial charge on any atom is 0.0540 e. The minimum atomic E-state index is 1.10. The van der Waals surface area contributed by atoms with E-state index < -0.39 is 0 Å². The molecule has 0 saturated heterocycles. The maximum atomic E-state index is 2.38. The Kier molecular flexibility index (Phi) is 8.66. The van der Waals surface area contributed by atoms with Crippen molar-refractivity contribution in [2.24, 2.45) is 0 Å². The fourth-order valence-corrected chi connectivity index (χ4v) is 7.42. The van der Waals surface area contributed by atoms with E-state index in [0.29, 0.717) is 0 Å². The molecule has 0 aromatic heterocycles. The van der Waals surface area contributed by atoms with Crippen LogP contribution in [0.2, 0.25) is 0 Å². The molecule has 0 N–H and O–H groups in total. The number of nitrogens with zero attached hydrogens (tertiary/aromatic N) is 1. The summed E-state index contributed by atoms with van der Waals surface area (Å²) in [6, 6.07) is 80.7. The summed E-state index contributed by atoms with van der Waals surface area (Å²) >= 11 is 0. The molecule has 53 heavy (non-hydrogen) atoms. The van der Waals surface area contributed by atoms with Crippen LogP contribution in [0, 0.1) is 0 Å². The van der Waals surface area contributed by atoms with E-state index in [9.17, 15) is 0 Å². The molecule has 0 unspecified atom stereocenters. The molecule has 0 heterocycles. The monoisotopic (exact) mass is 675 g/mol. The second kappa shape index (κ2) is 14.3. The molecule has 0 saturated carbocycles. The van der Waals surface area contributed by atoms with Crippen molar-refractivity contribution in [3.05, 3.63) is 224 Å². The number of fused-ring (bicyclic) bond motifs is 1. The van der Waals surface area contributed by atoms with Crippen molar-refractivity contribution in [3.8, 4) is 55.6 Å². The van der Waals surface area contributed by atoms with Gasteiger partial charge in [0.25, 0.3) is 0 Å². The lowest BCUT2D eigenvalue weighted by Crippen LogP contribution is -2.11. The van der Waals surface area contributed by atoms with Crippen molar-refractivity contribution in [1.29, 1.82) is 0 Å². The first-order chi connectivity index (χ1) is 26.3. The largest absolute Gasteiger partial charge is 0.310 e. The van der Waals surface area contributed by atoms with Crippen molar-refractivity contribution >= 4 is 27.8 Å². The van der Waals surface area contributed by atoms with E-state index in [1.165, 1.54) is 66.4 Å². The smallest absolute Gasteiger partial charge is 0.0540 e. The third-order valence-corrected chi connectivity index (χ3v) is 10.1. The highest BCUT2D eigenvalue weighted by molar-refractivity contribution is 5.97. The molecule has 9 rings (SSSR count). The topological polar surface area (TPSA) is 3.24 Å². The Hall–Kier alpha value is -6.96. The van der Waals surface area contributed by atoms with Gasteiger partial charge >= 0.3 is 0 Å². The van der Waals surface area contributed by atoms with Gasteiger partial charge in [-0.2, -0.15) is 0 Å². The van der Waals surface area contributed by atoms with E-state index in [2.05, 4.69) is 229 Å². The molecule has 250 valence electrons. The minimum Gasteiger partial charge on any atom is -0.310 e. The van der Waals surface area contributed by atoms with Crippen LogP contribution in [0.5, 0.6) is 0 Å². The van der Waals surface area contributed by atoms with Crippen LogP contribution in [0.3, 0.4) is 0 Å². The lowest BCUT2D eigenvalue weighted by Gasteiger charge is -2.28. The molecular formula is C52H37N. The number of benzene rings is 9. The average Bonchev–Trinajstić information content (AvgIpc) is 3.25. The Labute approximate surface area is 311 Å². The van der Waals surface area contributed by atoms with Gasteiger partial charge in [-0.1, -0.05) is 182 Å². The van der Waals surface area contributed by atoms with Gasteiger partial charge in [-0.3, -0.25) is 0 Å². The Bertz CT molecular complexity index is 2640. The first kappa shape index (κ1) is 32.0. The summed E-state index contributed by atoms with van der Waals surface area (Å²) in [6.07, 6.45) is 0. The number of anilines is 3. The summed E-state index contributed by atoms with van der Waals surface area (Å²) in [7, 11) is 0. The third kappa shape index (κ3) is 6.53. The molecule has 0 aliphatic rings. The van der Waals surface area contributed by atoms with Crippen LogP contribution in [0.4, 0.5) is 17.1 Å². The second-order valence-electron chi connectivity index (χ2n) is 13.4. The van der Waals surface area contributed by atoms with Crippen LogP contribution >= 0.6 is 0 Å². The lowest BCUT2D eigenvalue weighted by molar-refractivity contribution is 1.28. The minimum absolute atomic E-state index is 1.10.